The summed E-state index contributed by atoms with van der Waals surface area (Å²) in [7, 11) is 1.33. The van der Waals surface area contributed by atoms with Crippen LogP contribution < -0.4 is 11.1 Å². The Hall–Kier alpha value is 0.0400. The van der Waals surface area contributed by atoms with Crippen molar-refractivity contribution in [3.8, 4) is 0 Å². The van der Waals surface area contributed by atoms with Crippen molar-refractivity contribution in [1.29, 1.82) is 0 Å². The van der Waals surface area contributed by atoms with Gasteiger partial charge in [-0.2, -0.15) is 0 Å². The van der Waals surface area contributed by atoms with Gasteiger partial charge in [0.2, 0.25) is 5.91 Å². The number of rotatable bonds is 6. The maximum absolute atomic E-state index is 10.9. The number of methoxy groups -OCH3 is 1. The van der Waals surface area contributed by atoms with Gasteiger partial charge in [0.1, 0.15) is 29.0 Å². The van der Waals surface area contributed by atoms with E-state index < -0.39 is 12.3 Å². The van der Waals surface area contributed by atoms with Crippen LogP contribution in [0.3, 0.4) is 0 Å². The first kappa shape index (κ1) is 13.0. The van der Waals surface area contributed by atoms with E-state index in [4.69, 9.17) is 8.80 Å². The number of halogens is 1. The van der Waals surface area contributed by atoms with E-state index in [2.05, 4.69) is 10.1 Å². The van der Waals surface area contributed by atoms with Crippen LogP contribution in [0.5, 0.6) is 0 Å². The van der Waals surface area contributed by atoms with Gasteiger partial charge in [-0.05, 0) is 0 Å². The maximum Gasteiger partial charge on any atom is 0.234 e. The minimum Gasteiger partial charge on any atom is -0.366 e. The quantitative estimate of drug-likeness (QED) is 0.422. The SMILES string of the molecule is COC(O)C(COI)NC(=O)CN. The highest BCUT2D eigenvalue weighted by atomic mass is 127. The molecular weight excluding hydrogens is 291 g/mol. The molecule has 0 rings (SSSR count). The fourth-order valence-corrected chi connectivity index (χ4v) is 1.08. The van der Waals surface area contributed by atoms with Gasteiger partial charge in [0.05, 0.1) is 13.2 Å². The van der Waals surface area contributed by atoms with Crippen LogP contribution in [0.1, 0.15) is 0 Å². The Morgan fingerprint density at radius 1 is 1.77 bits per heavy atom. The van der Waals surface area contributed by atoms with Gasteiger partial charge in [0, 0.05) is 7.11 Å². The van der Waals surface area contributed by atoms with Crippen molar-refractivity contribution in [3.63, 3.8) is 0 Å². The van der Waals surface area contributed by atoms with E-state index in [1.54, 1.807) is 23.0 Å². The Morgan fingerprint density at radius 3 is 2.77 bits per heavy atom. The molecule has 0 aromatic heterocycles. The summed E-state index contributed by atoms with van der Waals surface area (Å²) in [6, 6.07) is -0.599. The van der Waals surface area contributed by atoms with Crippen LogP contribution in [0.4, 0.5) is 0 Å². The second-order valence-corrected chi connectivity index (χ2v) is 2.90. The topological polar surface area (TPSA) is 93.8 Å². The molecule has 2 unspecified atom stereocenters. The third-order valence-corrected chi connectivity index (χ3v) is 1.72. The number of ether oxygens (including phenoxy) is 1. The Labute approximate surface area is 90.4 Å². The lowest BCUT2D eigenvalue weighted by Gasteiger charge is -2.21. The molecule has 0 fully saturated rings. The van der Waals surface area contributed by atoms with Crippen molar-refractivity contribution in [2.75, 3.05) is 20.3 Å². The molecule has 0 saturated carbocycles. The molecule has 0 aliphatic carbocycles. The maximum atomic E-state index is 10.9. The average Bonchev–Trinajstić information content (AvgIpc) is 2.15. The molecule has 0 spiro atoms. The molecule has 0 saturated heterocycles. The Kier molecular flexibility index (Phi) is 7.47. The molecule has 0 radical (unpaired) electrons. The summed E-state index contributed by atoms with van der Waals surface area (Å²) in [6.45, 7) is 0.0233. The summed E-state index contributed by atoms with van der Waals surface area (Å²) in [5.41, 5.74) is 5.08. The molecule has 0 aliphatic rings. The average molecular weight is 304 g/mol. The predicted octanol–water partition coefficient (Wildman–Crippen LogP) is -1.24. The molecule has 7 heteroatoms. The zero-order valence-corrected chi connectivity index (χ0v) is 9.35. The summed E-state index contributed by atoms with van der Waals surface area (Å²) >= 11 is 1.66. The van der Waals surface area contributed by atoms with Crippen LogP contribution in [0.2, 0.25) is 0 Å². The number of carbonyl (C=O) groups excluding carboxylic acids is 1. The summed E-state index contributed by atoms with van der Waals surface area (Å²) in [6.07, 6.45) is -1.09. The summed E-state index contributed by atoms with van der Waals surface area (Å²) in [4.78, 5) is 10.9. The van der Waals surface area contributed by atoms with E-state index in [0.717, 1.165) is 0 Å². The number of nitrogens with two attached hydrogens (primary N) is 1. The van der Waals surface area contributed by atoms with E-state index in [1.807, 2.05) is 0 Å². The zero-order valence-electron chi connectivity index (χ0n) is 7.20. The lowest BCUT2D eigenvalue weighted by Crippen LogP contribution is -2.48. The van der Waals surface area contributed by atoms with Crippen LogP contribution in [-0.4, -0.2) is 43.6 Å². The fraction of sp³-hybridized carbons (Fsp3) is 0.833. The molecule has 6 nitrogen and oxygen atoms in total. The number of hydrogen-bond donors (Lipinski definition) is 3. The van der Waals surface area contributed by atoms with Gasteiger partial charge in [-0.1, -0.05) is 0 Å². The molecule has 0 aromatic rings. The lowest BCUT2D eigenvalue weighted by atomic mass is 10.3. The number of nitrogens with one attached hydrogen (secondary N) is 1. The number of aliphatic hydroxyl groups is 1. The van der Waals surface area contributed by atoms with Crippen molar-refractivity contribution in [2.45, 2.75) is 12.3 Å². The minimum atomic E-state index is -1.09. The molecule has 0 aliphatic heterocycles. The lowest BCUT2D eigenvalue weighted by molar-refractivity contribution is -0.130. The first-order valence-electron chi connectivity index (χ1n) is 3.59. The van der Waals surface area contributed by atoms with E-state index >= 15 is 0 Å². The van der Waals surface area contributed by atoms with E-state index in [9.17, 15) is 9.90 Å². The highest BCUT2D eigenvalue weighted by Gasteiger charge is 2.20. The van der Waals surface area contributed by atoms with Gasteiger partial charge >= 0.3 is 0 Å². The normalized spacial score (nSPS) is 15.1. The first-order chi connectivity index (χ1) is 6.15. The molecule has 78 valence electrons. The van der Waals surface area contributed by atoms with Crippen molar-refractivity contribution >= 4 is 28.9 Å². The van der Waals surface area contributed by atoms with Crippen LogP contribution >= 0.6 is 23.0 Å². The van der Waals surface area contributed by atoms with E-state index in [-0.39, 0.29) is 19.1 Å². The Bertz CT molecular complexity index is 158. The fourth-order valence-electron chi connectivity index (χ4n) is 0.693. The van der Waals surface area contributed by atoms with Gasteiger partial charge in [-0.15, -0.1) is 0 Å². The predicted molar refractivity (Wildman–Crippen MR) is 54.0 cm³/mol. The third-order valence-electron chi connectivity index (χ3n) is 1.36. The Morgan fingerprint density at radius 2 is 2.38 bits per heavy atom. The van der Waals surface area contributed by atoms with Crippen LogP contribution in [0.25, 0.3) is 0 Å². The van der Waals surface area contributed by atoms with Crippen LogP contribution in [-0.2, 0) is 12.6 Å². The molecule has 1 amide bonds. The van der Waals surface area contributed by atoms with Gasteiger partial charge < -0.3 is 24.0 Å². The number of hydrogen-bond acceptors (Lipinski definition) is 5. The summed E-state index contributed by atoms with van der Waals surface area (Å²) in [5, 5.41) is 11.7. The summed E-state index contributed by atoms with van der Waals surface area (Å²) in [5.74, 6) is -0.366. The number of carbonyl (C=O) groups is 1. The number of amides is 1. The first-order valence-corrected chi connectivity index (χ1v) is 4.47. The van der Waals surface area contributed by atoms with Crippen molar-refractivity contribution in [1.82, 2.24) is 5.32 Å². The highest BCUT2D eigenvalue weighted by Crippen LogP contribution is 1.98. The van der Waals surface area contributed by atoms with Crippen molar-refractivity contribution in [2.24, 2.45) is 5.73 Å². The van der Waals surface area contributed by atoms with Crippen LogP contribution in [0, 0.1) is 0 Å². The molecule has 4 N–H and O–H groups in total. The highest BCUT2D eigenvalue weighted by molar-refractivity contribution is 14.1. The number of aliphatic hydroxyl groups excluding tert-OH is 1. The van der Waals surface area contributed by atoms with Gasteiger partial charge in [-0.25, -0.2) is 0 Å². The smallest absolute Gasteiger partial charge is 0.234 e. The minimum absolute atomic E-state index is 0.131. The molecule has 0 aromatic carbocycles. The molecule has 0 bridgehead atoms. The molecular formula is C6H13IN2O4. The van der Waals surface area contributed by atoms with Gasteiger partial charge in [0.15, 0.2) is 6.29 Å². The largest absolute Gasteiger partial charge is 0.366 e. The third kappa shape index (κ3) is 5.37. The second-order valence-electron chi connectivity index (χ2n) is 2.28. The van der Waals surface area contributed by atoms with Gasteiger partial charge in [-0.3, -0.25) is 4.79 Å². The standard InChI is InChI=1S/C6H13IN2O4/c1-12-6(11)4(3-13-7)9-5(10)2-8/h4,6,11H,2-3,8H2,1H3,(H,9,10). The van der Waals surface area contributed by atoms with Crippen LogP contribution in [0.15, 0.2) is 0 Å². The molecule has 2 atom stereocenters. The van der Waals surface area contributed by atoms with E-state index in [0.29, 0.717) is 0 Å². The zero-order chi connectivity index (χ0) is 10.3. The van der Waals surface area contributed by atoms with Gasteiger partial charge in [0.25, 0.3) is 0 Å². The second kappa shape index (κ2) is 7.44. The monoisotopic (exact) mass is 304 g/mol. The molecule has 13 heavy (non-hydrogen) atoms. The van der Waals surface area contributed by atoms with Crippen molar-refractivity contribution < 1.29 is 17.7 Å². The Balaban J connectivity index is 4.00. The summed E-state index contributed by atoms with van der Waals surface area (Å²) < 4.78 is 9.37. The van der Waals surface area contributed by atoms with Crippen molar-refractivity contribution in [3.05, 3.63) is 0 Å². The molecule has 0 heterocycles. The van der Waals surface area contributed by atoms with E-state index in [1.165, 1.54) is 7.11 Å².